The summed E-state index contributed by atoms with van der Waals surface area (Å²) in [5.41, 5.74) is 3.39. The Bertz CT molecular complexity index is 959. The Morgan fingerprint density at radius 2 is 1.78 bits per heavy atom. The van der Waals surface area contributed by atoms with Gasteiger partial charge in [0.2, 0.25) is 0 Å². The number of hydrogen-bond acceptors (Lipinski definition) is 2. The summed E-state index contributed by atoms with van der Waals surface area (Å²) in [4.78, 5) is 17.7. The van der Waals surface area contributed by atoms with Crippen LogP contribution in [-0.4, -0.2) is 34.7 Å². The molecule has 3 aromatic rings. The number of aromatic nitrogens is 1. The topological polar surface area (TPSA) is 45.3 Å². The number of likely N-dealkylation sites (tertiary alicyclic amines) is 1. The van der Waals surface area contributed by atoms with Crippen LogP contribution in [0.2, 0.25) is 0 Å². The van der Waals surface area contributed by atoms with Crippen LogP contribution in [0, 0.1) is 5.92 Å². The van der Waals surface area contributed by atoms with Gasteiger partial charge in [0.1, 0.15) is 5.60 Å². The highest BCUT2D eigenvalue weighted by molar-refractivity contribution is 6.08. The predicted octanol–water partition coefficient (Wildman–Crippen LogP) is 5.51. The van der Waals surface area contributed by atoms with E-state index in [9.17, 15) is 4.79 Å². The first-order chi connectivity index (χ1) is 12.9. The van der Waals surface area contributed by atoms with E-state index in [1.807, 2.05) is 25.7 Å². The molecule has 0 radical (unpaired) electrons. The van der Waals surface area contributed by atoms with Crippen molar-refractivity contribution in [2.45, 2.75) is 45.6 Å². The number of aromatic amines is 1. The zero-order valence-corrected chi connectivity index (χ0v) is 16.4. The number of piperidine rings is 1. The van der Waals surface area contributed by atoms with Gasteiger partial charge in [-0.25, -0.2) is 4.79 Å². The fourth-order valence-corrected chi connectivity index (χ4v) is 4.06. The lowest BCUT2D eigenvalue weighted by atomic mass is 9.89. The molecule has 1 fully saturated rings. The Morgan fingerprint density at radius 1 is 1.07 bits per heavy atom. The molecule has 0 spiro atoms. The smallest absolute Gasteiger partial charge is 0.410 e. The van der Waals surface area contributed by atoms with Crippen molar-refractivity contribution in [2.75, 3.05) is 13.1 Å². The first-order valence-corrected chi connectivity index (χ1v) is 9.87. The van der Waals surface area contributed by atoms with Gasteiger partial charge in [-0.05, 0) is 57.6 Å². The molecule has 2 heterocycles. The molecule has 1 aliphatic rings. The number of nitrogens with zero attached hydrogens (tertiary/aromatic N) is 1. The van der Waals surface area contributed by atoms with Gasteiger partial charge in [0.25, 0.3) is 0 Å². The highest BCUT2D eigenvalue weighted by Gasteiger charge is 2.27. The largest absolute Gasteiger partial charge is 0.444 e. The molecule has 0 aliphatic carbocycles. The number of para-hydroxylation sites is 2. The van der Waals surface area contributed by atoms with Crippen LogP contribution in [0.3, 0.4) is 0 Å². The van der Waals surface area contributed by atoms with Crippen molar-refractivity contribution < 1.29 is 9.53 Å². The third kappa shape index (κ3) is 3.80. The van der Waals surface area contributed by atoms with E-state index in [1.54, 1.807) is 0 Å². The van der Waals surface area contributed by atoms with Crippen LogP contribution < -0.4 is 0 Å². The average molecular weight is 364 g/mol. The number of benzene rings is 2. The van der Waals surface area contributed by atoms with Crippen LogP contribution in [0.4, 0.5) is 4.79 Å². The van der Waals surface area contributed by atoms with E-state index < -0.39 is 5.60 Å². The van der Waals surface area contributed by atoms with Crippen molar-refractivity contribution in [2.24, 2.45) is 5.92 Å². The Balaban J connectivity index is 1.46. The second kappa shape index (κ2) is 6.91. The molecule has 4 nitrogen and oxygen atoms in total. The van der Waals surface area contributed by atoms with Crippen LogP contribution in [0.1, 0.15) is 39.2 Å². The Labute approximate surface area is 160 Å². The third-order valence-electron chi connectivity index (χ3n) is 5.40. The molecule has 142 valence electrons. The first kappa shape index (κ1) is 17.9. The highest BCUT2D eigenvalue weighted by Crippen LogP contribution is 2.30. The fraction of sp³-hybridized carbons (Fsp3) is 0.435. The van der Waals surface area contributed by atoms with Crippen molar-refractivity contribution in [1.29, 1.82) is 0 Å². The summed E-state index contributed by atoms with van der Waals surface area (Å²) in [7, 11) is 0. The van der Waals surface area contributed by atoms with Crippen molar-refractivity contribution in [1.82, 2.24) is 9.88 Å². The molecule has 0 bridgehead atoms. The first-order valence-electron chi connectivity index (χ1n) is 9.87. The molecular weight excluding hydrogens is 336 g/mol. The van der Waals surface area contributed by atoms with Crippen molar-refractivity contribution >= 4 is 27.9 Å². The van der Waals surface area contributed by atoms with Gasteiger partial charge < -0.3 is 14.6 Å². The lowest BCUT2D eigenvalue weighted by molar-refractivity contribution is 0.0184. The van der Waals surface area contributed by atoms with Crippen molar-refractivity contribution in [3.8, 4) is 0 Å². The summed E-state index contributed by atoms with van der Waals surface area (Å²) in [6.07, 6.45) is 2.91. The molecule has 1 amide bonds. The number of fused-ring (bicyclic) bond motifs is 3. The quantitative estimate of drug-likeness (QED) is 0.651. The molecule has 27 heavy (non-hydrogen) atoms. The molecule has 1 saturated heterocycles. The molecule has 4 rings (SSSR count). The number of H-pyrrole nitrogens is 1. The summed E-state index contributed by atoms with van der Waals surface area (Å²) in [5.74, 6) is 0.598. The number of nitrogens with one attached hydrogen (secondary N) is 1. The van der Waals surface area contributed by atoms with Crippen LogP contribution >= 0.6 is 0 Å². The van der Waals surface area contributed by atoms with E-state index in [0.717, 1.165) is 32.4 Å². The zero-order chi connectivity index (χ0) is 19.0. The van der Waals surface area contributed by atoms with E-state index in [1.165, 1.54) is 27.4 Å². The number of ether oxygens (including phenoxy) is 1. The molecule has 0 atom stereocenters. The lowest BCUT2D eigenvalue weighted by Gasteiger charge is -2.33. The molecule has 1 aliphatic heterocycles. The van der Waals surface area contributed by atoms with Gasteiger partial charge in [-0.2, -0.15) is 0 Å². The summed E-state index contributed by atoms with van der Waals surface area (Å²) in [6, 6.07) is 15.1. The third-order valence-corrected chi connectivity index (χ3v) is 5.40. The summed E-state index contributed by atoms with van der Waals surface area (Å²) >= 11 is 0. The Kier molecular flexibility index (Phi) is 4.58. The molecule has 0 saturated carbocycles. The average Bonchev–Trinajstić information content (AvgIpc) is 3.01. The monoisotopic (exact) mass is 364 g/mol. The van der Waals surface area contributed by atoms with Crippen molar-refractivity contribution in [3.05, 3.63) is 48.0 Å². The van der Waals surface area contributed by atoms with Gasteiger partial charge in [0.15, 0.2) is 0 Å². The van der Waals surface area contributed by atoms with E-state index >= 15 is 0 Å². The number of amides is 1. The number of carbonyl (C=O) groups excluding carboxylic acids is 1. The summed E-state index contributed by atoms with van der Waals surface area (Å²) < 4.78 is 5.50. The van der Waals surface area contributed by atoms with Crippen LogP contribution in [0.25, 0.3) is 21.8 Å². The van der Waals surface area contributed by atoms with Gasteiger partial charge in [-0.15, -0.1) is 0 Å². The minimum absolute atomic E-state index is 0.182. The van der Waals surface area contributed by atoms with Gasteiger partial charge in [0.05, 0.1) is 0 Å². The second-order valence-corrected chi connectivity index (χ2v) is 8.63. The minimum atomic E-state index is -0.431. The van der Waals surface area contributed by atoms with Gasteiger partial charge in [0, 0.05) is 34.9 Å². The number of carbonyl (C=O) groups is 1. The molecule has 4 heteroatoms. The second-order valence-electron chi connectivity index (χ2n) is 8.63. The summed E-state index contributed by atoms with van der Waals surface area (Å²) in [6.45, 7) is 7.31. The maximum atomic E-state index is 12.3. The normalized spacial score (nSPS) is 16.2. The lowest BCUT2D eigenvalue weighted by Crippen LogP contribution is -2.42. The minimum Gasteiger partial charge on any atom is -0.444 e. The number of hydrogen-bond donors (Lipinski definition) is 1. The van der Waals surface area contributed by atoms with Gasteiger partial charge >= 0.3 is 6.09 Å². The molecule has 1 aromatic heterocycles. The molecule has 2 aromatic carbocycles. The van der Waals surface area contributed by atoms with Crippen LogP contribution in [-0.2, 0) is 11.2 Å². The molecule has 0 unspecified atom stereocenters. The number of rotatable bonds is 2. The van der Waals surface area contributed by atoms with Crippen LogP contribution in [0.15, 0.2) is 42.5 Å². The van der Waals surface area contributed by atoms with E-state index in [-0.39, 0.29) is 6.09 Å². The fourth-order valence-electron chi connectivity index (χ4n) is 4.06. The van der Waals surface area contributed by atoms with Gasteiger partial charge in [-0.3, -0.25) is 0 Å². The maximum Gasteiger partial charge on any atom is 0.410 e. The standard InChI is InChI=1S/C23H28N2O2/c1-23(2,3)27-22(26)25-13-11-16(12-14-25)15-17-7-6-9-19-18-8-4-5-10-20(18)24-21(17)19/h4-10,16,24H,11-15H2,1-3H3. The van der Waals surface area contributed by atoms with Gasteiger partial charge in [-0.1, -0.05) is 36.4 Å². The molecular formula is C23H28N2O2. The maximum absolute atomic E-state index is 12.3. The van der Waals surface area contributed by atoms with Crippen molar-refractivity contribution in [3.63, 3.8) is 0 Å². The zero-order valence-electron chi connectivity index (χ0n) is 16.4. The predicted molar refractivity (Wildman–Crippen MR) is 110 cm³/mol. The molecule has 1 N–H and O–H groups in total. The summed E-state index contributed by atoms with van der Waals surface area (Å²) in [5, 5.41) is 2.59. The van der Waals surface area contributed by atoms with E-state index in [4.69, 9.17) is 4.74 Å². The van der Waals surface area contributed by atoms with E-state index in [2.05, 4.69) is 47.4 Å². The SMILES string of the molecule is CC(C)(C)OC(=O)N1CCC(Cc2cccc3c2[nH]c2ccccc23)CC1. The van der Waals surface area contributed by atoms with E-state index in [0.29, 0.717) is 5.92 Å². The van der Waals surface area contributed by atoms with Crippen LogP contribution in [0.5, 0.6) is 0 Å². The Morgan fingerprint density at radius 3 is 2.52 bits per heavy atom. The highest BCUT2D eigenvalue weighted by atomic mass is 16.6. The Hall–Kier alpha value is -2.49.